The van der Waals surface area contributed by atoms with E-state index in [1.165, 1.54) is 0 Å². The largest absolute Gasteiger partial charge is 0.307 e. The fraction of sp³-hybridized carbons (Fsp3) is 0.111. The van der Waals surface area contributed by atoms with Gasteiger partial charge in [-0.1, -0.05) is 12.1 Å². The summed E-state index contributed by atoms with van der Waals surface area (Å²) in [5.41, 5.74) is 2.88. The Labute approximate surface area is 148 Å². The number of aryl methyl sites for hydroxylation is 2. The maximum atomic E-state index is 10.7. The number of nitrogens with zero attached hydrogens (tertiary/aromatic N) is 5. The Morgan fingerprint density at radius 2 is 1.88 bits per heavy atom. The van der Waals surface area contributed by atoms with Crippen LogP contribution in [0, 0.1) is 18.8 Å². The van der Waals surface area contributed by atoms with E-state index in [4.69, 9.17) is 0 Å². The fourth-order valence-electron chi connectivity index (χ4n) is 2.75. The fourth-order valence-corrected chi connectivity index (χ4v) is 2.75. The highest BCUT2D eigenvalue weighted by Gasteiger charge is 2.13. The molecule has 4 aromatic rings. The number of anilines is 2. The quantitative estimate of drug-likeness (QED) is 0.537. The van der Waals surface area contributed by atoms with E-state index >= 15 is 0 Å². The van der Waals surface area contributed by atoms with E-state index in [1.54, 1.807) is 18.2 Å². The highest BCUT2D eigenvalue weighted by Crippen LogP contribution is 2.29. The average molecular weight is 345 g/mol. The van der Waals surface area contributed by atoms with Gasteiger partial charge in [-0.05, 0) is 54.9 Å². The standard InChI is InChI=1S/C18H15N7O/c1-10-9-12(25-26)7-8-13(10)16-20-15-6-4-3-5-14(15)17(21-16)22-18-19-11(2)23-24-18/h3-9H,1-2H3,(H2,19,20,21,22,23,24). The summed E-state index contributed by atoms with van der Waals surface area (Å²) in [5.74, 6) is 2.31. The van der Waals surface area contributed by atoms with Crippen molar-refractivity contribution in [3.05, 3.63) is 58.8 Å². The summed E-state index contributed by atoms with van der Waals surface area (Å²) in [7, 11) is 0. The van der Waals surface area contributed by atoms with Gasteiger partial charge in [0.2, 0.25) is 5.95 Å². The summed E-state index contributed by atoms with van der Waals surface area (Å²) < 4.78 is 0. The third-order valence-corrected chi connectivity index (χ3v) is 3.99. The summed E-state index contributed by atoms with van der Waals surface area (Å²) in [6.45, 7) is 3.72. The molecule has 2 heterocycles. The number of hydrogen-bond acceptors (Lipinski definition) is 7. The van der Waals surface area contributed by atoms with Crippen molar-refractivity contribution in [2.45, 2.75) is 13.8 Å². The number of nitroso groups, excluding NO2 is 1. The van der Waals surface area contributed by atoms with Crippen LogP contribution in [-0.4, -0.2) is 25.1 Å². The summed E-state index contributed by atoms with van der Waals surface area (Å²) >= 11 is 0. The number of nitrogens with one attached hydrogen (secondary N) is 2. The number of hydrogen-bond donors (Lipinski definition) is 2. The van der Waals surface area contributed by atoms with Gasteiger partial charge in [-0.25, -0.2) is 9.97 Å². The molecule has 0 aliphatic rings. The van der Waals surface area contributed by atoms with Crippen LogP contribution in [0.2, 0.25) is 0 Å². The van der Waals surface area contributed by atoms with Crippen LogP contribution in [-0.2, 0) is 0 Å². The molecule has 128 valence electrons. The maximum Gasteiger partial charge on any atom is 0.247 e. The molecule has 0 aliphatic carbocycles. The Balaban J connectivity index is 1.87. The first kappa shape index (κ1) is 15.8. The zero-order chi connectivity index (χ0) is 18.1. The lowest BCUT2D eigenvalue weighted by atomic mass is 10.1. The predicted octanol–water partition coefficient (Wildman–Crippen LogP) is 4.17. The Bertz CT molecular complexity index is 1120. The van der Waals surface area contributed by atoms with Crippen LogP contribution in [0.3, 0.4) is 0 Å². The van der Waals surface area contributed by atoms with Gasteiger partial charge >= 0.3 is 0 Å². The number of benzene rings is 2. The Kier molecular flexibility index (Phi) is 3.85. The van der Waals surface area contributed by atoms with Gasteiger partial charge in [-0.3, -0.25) is 5.10 Å². The maximum absolute atomic E-state index is 10.7. The minimum absolute atomic E-state index is 0.376. The number of para-hydroxylation sites is 1. The van der Waals surface area contributed by atoms with E-state index in [0.29, 0.717) is 29.1 Å². The number of aromatic nitrogens is 5. The lowest BCUT2D eigenvalue weighted by Crippen LogP contribution is -2.01. The van der Waals surface area contributed by atoms with Gasteiger partial charge in [0.05, 0.1) is 5.52 Å². The SMILES string of the molecule is Cc1nc(Nc2nc(-c3ccc(N=O)cc3C)nc3ccccc23)n[nH]1. The zero-order valence-corrected chi connectivity index (χ0v) is 14.2. The molecule has 0 amide bonds. The van der Waals surface area contributed by atoms with Crippen LogP contribution >= 0.6 is 0 Å². The third-order valence-electron chi connectivity index (χ3n) is 3.99. The second-order valence-electron chi connectivity index (χ2n) is 5.87. The van der Waals surface area contributed by atoms with E-state index in [0.717, 1.165) is 22.0 Å². The zero-order valence-electron chi connectivity index (χ0n) is 14.2. The highest BCUT2D eigenvalue weighted by atomic mass is 16.3. The van der Waals surface area contributed by atoms with E-state index in [9.17, 15) is 4.91 Å². The number of rotatable bonds is 4. The van der Waals surface area contributed by atoms with Crippen molar-refractivity contribution in [2.75, 3.05) is 5.32 Å². The van der Waals surface area contributed by atoms with Crippen LogP contribution < -0.4 is 5.32 Å². The first-order chi connectivity index (χ1) is 12.6. The van der Waals surface area contributed by atoms with Crippen LogP contribution in [0.15, 0.2) is 47.6 Å². The van der Waals surface area contributed by atoms with Gasteiger partial charge in [-0.2, -0.15) is 4.98 Å². The van der Waals surface area contributed by atoms with Gasteiger partial charge in [0, 0.05) is 10.9 Å². The van der Waals surface area contributed by atoms with Crippen molar-refractivity contribution in [3.8, 4) is 11.4 Å². The molecule has 0 saturated heterocycles. The topological polar surface area (TPSA) is 109 Å². The molecule has 26 heavy (non-hydrogen) atoms. The normalized spacial score (nSPS) is 10.8. The monoisotopic (exact) mass is 345 g/mol. The minimum Gasteiger partial charge on any atom is -0.307 e. The summed E-state index contributed by atoms with van der Waals surface area (Å²) in [4.78, 5) is 24.3. The number of fused-ring (bicyclic) bond motifs is 1. The second kappa shape index (κ2) is 6.32. The molecule has 4 rings (SSSR count). The molecule has 2 N–H and O–H groups in total. The first-order valence-corrected chi connectivity index (χ1v) is 8.01. The van der Waals surface area contributed by atoms with Crippen molar-refractivity contribution >= 4 is 28.4 Å². The lowest BCUT2D eigenvalue weighted by molar-refractivity contribution is 1.04. The van der Waals surface area contributed by atoms with Gasteiger partial charge in [0.25, 0.3) is 0 Å². The molecule has 8 heteroatoms. The van der Waals surface area contributed by atoms with Crippen LogP contribution in [0.4, 0.5) is 17.5 Å². The van der Waals surface area contributed by atoms with Crippen molar-refractivity contribution in [3.63, 3.8) is 0 Å². The summed E-state index contributed by atoms with van der Waals surface area (Å²) in [5, 5.41) is 13.9. The van der Waals surface area contributed by atoms with Crippen LogP contribution in [0.25, 0.3) is 22.3 Å². The highest BCUT2D eigenvalue weighted by molar-refractivity contribution is 5.91. The van der Waals surface area contributed by atoms with Crippen molar-refractivity contribution in [1.29, 1.82) is 0 Å². The molecule has 0 spiro atoms. The first-order valence-electron chi connectivity index (χ1n) is 8.01. The van der Waals surface area contributed by atoms with E-state index in [1.807, 2.05) is 38.1 Å². The van der Waals surface area contributed by atoms with Gasteiger partial charge in [0.15, 0.2) is 5.82 Å². The molecule has 0 radical (unpaired) electrons. The second-order valence-corrected chi connectivity index (χ2v) is 5.87. The molecule has 8 nitrogen and oxygen atoms in total. The predicted molar refractivity (Wildman–Crippen MR) is 99.6 cm³/mol. The molecule has 0 saturated carbocycles. The van der Waals surface area contributed by atoms with E-state index < -0.39 is 0 Å². The van der Waals surface area contributed by atoms with Crippen LogP contribution in [0.5, 0.6) is 0 Å². The molecule has 2 aromatic heterocycles. The molecular weight excluding hydrogens is 330 g/mol. The smallest absolute Gasteiger partial charge is 0.247 e. The van der Waals surface area contributed by atoms with E-state index in [2.05, 4.69) is 35.6 Å². The Hall–Kier alpha value is -3.68. The van der Waals surface area contributed by atoms with Crippen molar-refractivity contribution in [1.82, 2.24) is 25.1 Å². The summed E-state index contributed by atoms with van der Waals surface area (Å²) in [6, 6.07) is 12.9. The van der Waals surface area contributed by atoms with Crippen molar-refractivity contribution in [2.24, 2.45) is 5.18 Å². The molecule has 0 bridgehead atoms. The third kappa shape index (κ3) is 2.88. The Morgan fingerprint density at radius 1 is 1.04 bits per heavy atom. The summed E-state index contributed by atoms with van der Waals surface area (Å²) in [6.07, 6.45) is 0. The number of aromatic amines is 1. The number of H-pyrrole nitrogens is 1. The minimum atomic E-state index is 0.376. The Morgan fingerprint density at radius 3 is 2.62 bits per heavy atom. The van der Waals surface area contributed by atoms with Crippen molar-refractivity contribution < 1.29 is 0 Å². The molecule has 2 aromatic carbocycles. The molecule has 0 unspecified atom stereocenters. The van der Waals surface area contributed by atoms with Crippen LogP contribution in [0.1, 0.15) is 11.4 Å². The molecule has 0 fully saturated rings. The van der Waals surface area contributed by atoms with Gasteiger partial charge in [0.1, 0.15) is 17.3 Å². The average Bonchev–Trinajstić information content (AvgIpc) is 3.06. The van der Waals surface area contributed by atoms with E-state index in [-0.39, 0.29) is 0 Å². The lowest BCUT2D eigenvalue weighted by Gasteiger charge is -2.10. The van der Waals surface area contributed by atoms with Gasteiger partial charge < -0.3 is 5.32 Å². The molecule has 0 atom stereocenters. The molecule has 0 aliphatic heterocycles. The molecular formula is C18H15N7O. The van der Waals surface area contributed by atoms with Gasteiger partial charge in [-0.15, -0.1) is 10.0 Å².